The summed E-state index contributed by atoms with van der Waals surface area (Å²) >= 11 is 0. The average Bonchev–Trinajstić information content (AvgIpc) is 2.77. The molecule has 0 radical (unpaired) electrons. The van der Waals surface area contributed by atoms with Crippen molar-refractivity contribution < 1.29 is 17.9 Å². The van der Waals surface area contributed by atoms with Gasteiger partial charge in [0.2, 0.25) is 0 Å². The van der Waals surface area contributed by atoms with Crippen molar-refractivity contribution in [2.45, 2.75) is 18.7 Å². The maximum atomic E-state index is 12.6. The molecule has 5 nitrogen and oxygen atoms in total. The maximum absolute atomic E-state index is 12.6. The fraction of sp³-hybridized carbons (Fsp3) is 0.455. The Morgan fingerprint density at radius 3 is 2.68 bits per heavy atom. The van der Waals surface area contributed by atoms with Crippen LogP contribution < -0.4 is 5.73 Å². The third kappa shape index (κ3) is 2.85. The van der Waals surface area contributed by atoms with E-state index in [-0.39, 0.29) is 12.6 Å². The summed E-state index contributed by atoms with van der Waals surface area (Å²) in [6.07, 6.45) is -3.42. The number of fused-ring (bicyclic) bond motifs is 1. The van der Waals surface area contributed by atoms with Gasteiger partial charge in [0.05, 0.1) is 11.7 Å². The minimum absolute atomic E-state index is 0.254. The standard InChI is InChI=1S/C11H13F3N4O/c1-19-8(5-15)4-10-17-16-9-3-2-7(6-18(9)10)11(12,13)14/h2-3,6,8H,4-5,15H2,1H3. The van der Waals surface area contributed by atoms with Crippen molar-refractivity contribution in [3.63, 3.8) is 0 Å². The summed E-state index contributed by atoms with van der Waals surface area (Å²) in [5.41, 5.74) is 5.09. The van der Waals surface area contributed by atoms with Gasteiger partial charge in [-0.1, -0.05) is 0 Å². The highest BCUT2D eigenvalue weighted by Crippen LogP contribution is 2.29. The molecular formula is C11H13F3N4O. The molecule has 2 N–H and O–H groups in total. The Hall–Kier alpha value is -1.67. The molecule has 104 valence electrons. The van der Waals surface area contributed by atoms with E-state index in [1.54, 1.807) is 0 Å². The van der Waals surface area contributed by atoms with Gasteiger partial charge in [-0.2, -0.15) is 13.2 Å². The van der Waals surface area contributed by atoms with Crippen LogP contribution in [-0.4, -0.2) is 34.4 Å². The Labute approximate surface area is 107 Å². The van der Waals surface area contributed by atoms with Gasteiger partial charge in [0.1, 0.15) is 5.82 Å². The molecule has 2 aromatic heterocycles. The van der Waals surface area contributed by atoms with Crippen LogP contribution in [0, 0.1) is 0 Å². The Bertz CT molecular complexity index is 563. The second kappa shape index (κ2) is 5.14. The minimum Gasteiger partial charge on any atom is -0.380 e. The van der Waals surface area contributed by atoms with Crippen LogP contribution in [0.4, 0.5) is 13.2 Å². The molecule has 0 saturated carbocycles. The summed E-state index contributed by atoms with van der Waals surface area (Å²) in [5.74, 6) is 0.387. The first-order valence-electron chi connectivity index (χ1n) is 5.59. The molecule has 0 bridgehead atoms. The number of nitrogens with zero attached hydrogens (tertiary/aromatic N) is 3. The van der Waals surface area contributed by atoms with Crippen LogP contribution in [0.25, 0.3) is 5.65 Å². The summed E-state index contributed by atoms with van der Waals surface area (Å²) < 4.78 is 44.4. The van der Waals surface area contributed by atoms with E-state index in [2.05, 4.69) is 10.2 Å². The summed E-state index contributed by atoms with van der Waals surface area (Å²) in [7, 11) is 1.49. The number of alkyl halides is 3. The Morgan fingerprint density at radius 2 is 2.11 bits per heavy atom. The number of rotatable bonds is 4. The molecule has 0 spiro atoms. The molecule has 2 aromatic rings. The fourth-order valence-electron chi connectivity index (χ4n) is 1.71. The quantitative estimate of drug-likeness (QED) is 0.911. The van der Waals surface area contributed by atoms with Gasteiger partial charge in [-0.25, -0.2) is 0 Å². The summed E-state index contributed by atoms with van der Waals surface area (Å²) in [4.78, 5) is 0. The van der Waals surface area contributed by atoms with E-state index in [9.17, 15) is 13.2 Å². The number of nitrogens with two attached hydrogens (primary N) is 1. The molecule has 0 aliphatic carbocycles. The van der Waals surface area contributed by atoms with Crippen molar-refractivity contribution >= 4 is 5.65 Å². The van der Waals surface area contributed by atoms with Crippen LogP contribution in [0.1, 0.15) is 11.4 Å². The zero-order chi connectivity index (χ0) is 14.0. The molecule has 0 amide bonds. The molecule has 0 aliphatic rings. The van der Waals surface area contributed by atoms with Gasteiger partial charge >= 0.3 is 6.18 Å². The van der Waals surface area contributed by atoms with Crippen LogP contribution in [0.3, 0.4) is 0 Å². The lowest BCUT2D eigenvalue weighted by atomic mass is 10.2. The van der Waals surface area contributed by atoms with E-state index in [4.69, 9.17) is 10.5 Å². The van der Waals surface area contributed by atoms with Crippen molar-refractivity contribution in [1.29, 1.82) is 0 Å². The van der Waals surface area contributed by atoms with E-state index in [1.807, 2.05) is 0 Å². The largest absolute Gasteiger partial charge is 0.417 e. The SMILES string of the molecule is COC(CN)Cc1nnc2ccc(C(F)(F)F)cn12. The van der Waals surface area contributed by atoms with Crippen LogP contribution in [-0.2, 0) is 17.3 Å². The summed E-state index contributed by atoms with van der Waals surface area (Å²) in [5, 5.41) is 7.68. The van der Waals surface area contributed by atoms with Crippen LogP contribution >= 0.6 is 0 Å². The fourth-order valence-corrected chi connectivity index (χ4v) is 1.71. The van der Waals surface area contributed by atoms with E-state index in [0.29, 0.717) is 17.9 Å². The Kier molecular flexibility index (Phi) is 3.72. The minimum atomic E-state index is -4.40. The lowest BCUT2D eigenvalue weighted by Gasteiger charge is -2.12. The van der Waals surface area contributed by atoms with Gasteiger partial charge in [-0.3, -0.25) is 4.40 Å². The first-order chi connectivity index (χ1) is 8.95. The highest BCUT2D eigenvalue weighted by atomic mass is 19.4. The number of ether oxygens (including phenoxy) is 1. The van der Waals surface area contributed by atoms with Gasteiger partial charge in [0, 0.05) is 26.3 Å². The molecular weight excluding hydrogens is 261 g/mol. The van der Waals surface area contributed by atoms with Crippen molar-refractivity contribution in [2.24, 2.45) is 5.73 Å². The van der Waals surface area contributed by atoms with Crippen molar-refractivity contribution in [1.82, 2.24) is 14.6 Å². The van der Waals surface area contributed by atoms with Gasteiger partial charge in [-0.15, -0.1) is 10.2 Å². The molecule has 8 heteroatoms. The van der Waals surface area contributed by atoms with Crippen LogP contribution in [0.5, 0.6) is 0 Å². The lowest BCUT2D eigenvalue weighted by molar-refractivity contribution is -0.137. The Balaban J connectivity index is 2.40. The Morgan fingerprint density at radius 1 is 1.37 bits per heavy atom. The van der Waals surface area contributed by atoms with Gasteiger partial charge < -0.3 is 10.5 Å². The van der Waals surface area contributed by atoms with E-state index < -0.39 is 11.7 Å². The topological polar surface area (TPSA) is 65.4 Å². The van der Waals surface area contributed by atoms with Crippen molar-refractivity contribution in [2.75, 3.05) is 13.7 Å². The zero-order valence-electron chi connectivity index (χ0n) is 10.2. The second-order valence-corrected chi connectivity index (χ2v) is 4.06. The molecule has 1 unspecified atom stereocenters. The van der Waals surface area contributed by atoms with Crippen molar-refractivity contribution in [3.05, 3.63) is 29.7 Å². The molecule has 0 aromatic carbocycles. The first-order valence-corrected chi connectivity index (χ1v) is 5.59. The smallest absolute Gasteiger partial charge is 0.380 e. The second-order valence-electron chi connectivity index (χ2n) is 4.06. The van der Waals surface area contributed by atoms with E-state index in [1.165, 1.54) is 17.6 Å². The van der Waals surface area contributed by atoms with Gasteiger partial charge in [0.25, 0.3) is 0 Å². The third-order valence-electron chi connectivity index (χ3n) is 2.81. The lowest BCUT2D eigenvalue weighted by Crippen LogP contribution is -2.25. The monoisotopic (exact) mass is 274 g/mol. The van der Waals surface area contributed by atoms with Crippen molar-refractivity contribution in [3.8, 4) is 0 Å². The summed E-state index contributed by atoms with van der Waals surface area (Å²) in [6, 6.07) is 2.26. The highest BCUT2D eigenvalue weighted by molar-refractivity contribution is 5.40. The van der Waals surface area contributed by atoms with E-state index in [0.717, 1.165) is 12.3 Å². The molecule has 1 atom stereocenters. The average molecular weight is 274 g/mol. The van der Waals surface area contributed by atoms with Crippen LogP contribution in [0.15, 0.2) is 18.3 Å². The molecule has 2 heterocycles. The summed E-state index contributed by atoms with van der Waals surface area (Å²) in [6.45, 7) is 0.254. The zero-order valence-corrected chi connectivity index (χ0v) is 10.2. The molecule has 19 heavy (non-hydrogen) atoms. The van der Waals surface area contributed by atoms with Gasteiger partial charge in [-0.05, 0) is 12.1 Å². The number of pyridine rings is 1. The predicted octanol–water partition coefficient (Wildman–Crippen LogP) is 1.26. The third-order valence-corrected chi connectivity index (χ3v) is 2.81. The molecule has 0 fully saturated rings. The van der Waals surface area contributed by atoms with Crippen LogP contribution in [0.2, 0.25) is 0 Å². The molecule has 0 saturated heterocycles. The number of halogens is 3. The number of aromatic nitrogens is 3. The number of hydrogen-bond acceptors (Lipinski definition) is 4. The first kappa shape index (κ1) is 13.8. The molecule has 0 aliphatic heterocycles. The molecule has 2 rings (SSSR count). The predicted molar refractivity (Wildman–Crippen MR) is 61.5 cm³/mol. The normalized spacial score (nSPS) is 13.9. The number of hydrogen-bond donors (Lipinski definition) is 1. The highest BCUT2D eigenvalue weighted by Gasteiger charge is 2.31. The van der Waals surface area contributed by atoms with Gasteiger partial charge in [0.15, 0.2) is 5.65 Å². The van der Waals surface area contributed by atoms with E-state index >= 15 is 0 Å². The maximum Gasteiger partial charge on any atom is 0.417 e. The number of methoxy groups -OCH3 is 1.